The molecule has 1 aliphatic heterocycles. The molecule has 0 aromatic carbocycles. The topological polar surface area (TPSA) is 64.5 Å². The second kappa shape index (κ2) is 6.75. The molecule has 0 radical (unpaired) electrons. The van der Waals surface area contributed by atoms with E-state index in [9.17, 15) is 4.79 Å². The van der Waals surface area contributed by atoms with Gasteiger partial charge < -0.3 is 14.4 Å². The van der Waals surface area contributed by atoms with E-state index in [4.69, 9.17) is 9.47 Å². The summed E-state index contributed by atoms with van der Waals surface area (Å²) in [5.74, 6) is 0.310. The molecule has 1 saturated heterocycles. The predicted octanol–water partition coefficient (Wildman–Crippen LogP) is 2.20. The van der Waals surface area contributed by atoms with E-state index in [1.54, 1.807) is 24.5 Å². The minimum Gasteiger partial charge on any atom is -0.464 e. The second-order valence-electron chi connectivity index (χ2n) is 5.40. The van der Waals surface area contributed by atoms with E-state index < -0.39 is 5.97 Å². The Hall–Kier alpha value is -2.47. The number of ether oxygens (including phenoxy) is 2. The number of carbonyl (C=O) groups is 1. The van der Waals surface area contributed by atoms with Crippen LogP contribution in [0.4, 0.5) is 5.82 Å². The SMILES string of the molecule is C=CCOC1CCN(c2nc(C(=O)OC)cc3ccncc23)C1. The number of fused-ring (bicyclic) bond motifs is 1. The third kappa shape index (κ3) is 3.17. The molecule has 1 aliphatic rings. The van der Waals surface area contributed by atoms with Crippen molar-refractivity contribution in [1.82, 2.24) is 9.97 Å². The highest BCUT2D eigenvalue weighted by molar-refractivity contribution is 5.98. The van der Waals surface area contributed by atoms with Crippen LogP contribution in [0.3, 0.4) is 0 Å². The first-order chi connectivity index (χ1) is 11.2. The van der Waals surface area contributed by atoms with E-state index in [2.05, 4.69) is 21.4 Å². The Labute approximate surface area is 134 Å². The fraction of sp³-hybridized carbons (Fsp3) is 0.353. The lowest BCUT2D eigenvalue weighted by Gasteiger charge is -2.20. The van der Waals surface area contributed by atoms with Crippen molar-refractivity contribution in [2.24, 2.45) is 0 Å². The molecule has 6 nitrogen and oxygen atoms in total. The van der Waals surface area contributed by atoms with Crippen molar-refractivity contribution in [3.8, 4) is 0 Å². The van der Waals surface area contributed by atoms with Crippen molar-refractivity contribution in [2.75, 3.05) is 31.7 Å². The summed E-state index contributed by atoms with van der Waals surface area (Å²) in [6, 6.07) is 3.60. The fourth-order valence-corrected chi connectivity index (χ4v) is 2.78. The molecule has 3 heterocycles. The maximum absolute atomic E-state index is 11.9. The first-order valence-electron chi connectivity index (χ1n) is 7.53. The molecule has 0 bridgehead atoms. The molecule has 23 heavy (non-hydrogen) atoms. The van der Waals surface area contributed by atoms with Gasteiger partial charge in [0.15, 0.2) is 5.69 Å². The highest BCUT2D eigenvalue weighted by atomic mass is 16.5. The van der Waals surface area contributed by atoms with Crippen LogP contribution in [0, 0.1) is 0 Å². The summed E-state index contributed by atoms with van der Waals surface area (Å²) in [6.45, 7) is 5.76. The zero-order chi connectivity index (χ0) is 16.2. The van der Waals surface area contributed by atoms with Crippen molar-refractivity contribution in [3.63, 3.8) is 0 Å². The molecule has 0 aliphatic carbocycles. The van der Waals surface area contributed by atoms with Gasteiger partial charge in [-0.15, -0.1) is 6.58 Å². The number of hydrogen-bond donors (Lipinski definition) is 0. The van der Waals surface area contributed by atoms with Crippen molar-refractivity contribution >= 4 is 22.6 Å². The summed E-state index contributed by atoms with van der Waals surface area (Å²) in [7, 11) is 1.36. The number of carbonyl (C=O) groups excluding carboxylic acids is 1. The third-order valence-electron chi connectivity index (χ3n) is 3.90. The number of pyridine rings is 2. The van der Waals surface area contributed by atoms with Gasteiger partial charge in [-0.2, -0.15) is 0 Å². The van der Waals surface area contributed by atoms with Gasteiger partial charge in [0.25, 0.3) is 0 Å². The van der Waals surface area contributed by atoms with Gasteiger partial charge in [0.05, 0.1) is 19.8 Å². The van der Waals surface area contributed by atoms with Gasteiger partial charge in [-0.3, -0.25) is 4.98 Å². The molecule has 1 fully saturated rings. The van der Waals surface area contributed by atoms with E-state index in [-0.39, 0.29) is 6.10 Å². The van der Waals surface area contributed by atoms with E-state index in [1.165, 1.54) is 7.11 Å². The highest BCUT2D eigenvalue weighted by Gasteiger charge is 2.26. The van der Waals surface area contributed by atoms with Crippen molar-refractivity contribution in [2.45, 2.75) is 12.5 Å². The van der Waals surface area contributed by atoms with Crippen LogP contribution in [-0.4, -0.2) is 48.8 Å². The molecule has 6 heteroatoms. The van der Waals surface area contributed by atoms with E-state index >= 15 is 0 Å². The monoisotopic (exact) mass is 313 g/mol. The normalized spacial score (nSPS) is 17.4. The molecule has 0 amide bonds. The predicted molar refractivity (Wildman–Crippen MR) is 87.6 cm³/mol. The molecule has 120 valence electrons. The van der Waals surface area contributed by atoms with Gasteiger partial charge >= 0.3 is 5.97 Å². The van der Waals surface area contributed by atoms with E-state index in [0.717, 1.165) is 36.1 Å². The van der Waals surface area contributed by atoms with Crippen LogP contribution in [0.1, 0.15) is 16.9 Å². The van der Waals surface area contributed by atoms with Gasteiger partial charge in [-0.25, -0.2) is 9.78 Å². The molecule has 1 unspecified atom stereocenters. The minimum atomic E-state index is -0.441. The molecule has 0 N–H and O–H groups in total. The lowest BCUT2D eigenvalue weighted by molar-refractivity contribution is 0.0594. The van der Waals surface area contributed by atoms with Crippen LogP contribution in [0.2, 0.25) is 0 Å². The standard InChI is InChI=1S/C17H19N3O3/c1-3-8-23-13-5-7-20(11-13)16-14-10-18-6-4-12(14)9-15(19-16)17(21)22-2/h3-4,6,9-10,13H,1,5,7-8,11H2,2H3. The number of nitrogens with zero attached hydrogens (tertiary/aromatic N) is 3. The number of aromatic nitrogens is 2. The summed E-state index contributed by atoms with van der Waals surface area (Å²) >= 11 is 0. The average molecular weight is 313 g/mol. The lowest BCUT2D eigenvalue weighted by Crippen LogP contribution is -2.24. The van der Waals surface area contributed by atoms with Crippen LogP contribution in [0.25, 0.3) is 10.8 Å². The van der Waals surface area contributed by atoms with Crippen LogP contribution < -0.4 is 4.90 Å². The van der Waals surface area contributed by atoms with Crippen LogP contribution >= 0.6 is 0 Å². The Kier molecular flexibility index (Phi) is 4.52. The number of anilines is 1. The Balaban J connectivity index is 1.96. The second-order valence-corrected chi connectivity index (χ2v) is 5.40. The maximum Gasteiger partial charge on any atom is 0.356 e. The zero-order valence-electron chi connectivity index (χ0n) is 13.1. The fourth-order valence-electron chi connectivity index (χ4n) is 2.78. The quantitative estimate of drug-likeness (QED) is 0.623. The molecule has 2 aromatic heterocycles. The summed E-state index contributed by atoms with van der Waals surface area (Å²) in [5, 5.41) is 1.84. The Bertz CT molecular complexity index is 732. The van der Waals surface area contributed by atoms with Crippen molar-refractivity contribution in [1.29, 1.82) is 0 Å². The van der Waals surface area contributed by atoms with Crippen molar-refractivity contribution < 1.29 is 14.3 Å². The smallest absolute Gasteiger partial charge is 0.356 e. The number of hydrogen-bond acceptors (Lipinski definition) is 6. The number of methoxy groups -OCH3 is 1. The minimum absolute atomic E-state index is 0.142. The van der Waals surface area contributed by atoms with Gasteiger partial charge in [0.2, 0.25) is 0 Å². The Morgan fingerprint density at radius 1 is 1.57 bits per heavy atom. The maximum atomic E-state index is 11.9. The molecule has 0 saturated carbocycles. The van der Waals surface area contributed by atoms with Crippen LogP contribution in [0.5, 0.6) is 0 Å². The molecule has 1 atom stereocenters. The van der Waals surface area contributed by atoms with Gasteiger partial charge in [0, 0.05) is 30.9 Å². The van der Waals surface area contributed by atoms with Gasteiger partial charge in [-0.1, -0.05) is 6.08 Å². The summed E-state index contributed by atoms with van der Waals surface area (Å²) in [6.07, 6.45) is 6.28. The molecule has 0 spiro atoms. The summed E-state index contributed by atoms with van der Waals surface area (Å²) in [4.78, 5) is 22.7. The molecular weight excluding hydrogens is 294 g/mol. The summed E-state index contributed by atoms with van der Waals surface area (Å²) < 4.78 is 10.5. The van der Waals surface area contributed by atoms with Crippen molar-refractivity contribution in [3.05, 3.63) is 42.9 Å². The highest BCUT2D eigenvalue weighted by Crippen LogP contribution is 2.28. The first-order valence-corrected chi connectivity index (χ1v) is 7.53. The zero-order valence-corrected chi connectivity index (χ0v) is 13.1. The van der Waals surface area contributed by atoms with Crippen LogP contribution in [-0.2, 0) is 9.47 Å². The van der Waals surface area contributed by atoms with Crippen LogP contribution in [0.15, 0.2) is 37.2 Å². The molecular formula is C17H19N3O3. The van der Waals surface area contributed by atoms with Gasteiger partial charge in [-0.05, 0) is 23.9 Å². The largest absolute Gasteiger partial charge is 0.464 e. The van der Waals surface area contributed by atoms with E-state index in [1.807, 2.05) is 6.07 Å². The first kappa shape index (κ1) is 15.4. The lowest BCUT2D eigenvalue weighted by atomic mass is 10.1. The molecule has 2 aromatic rings. The summed E-state index contributed by atoms with van der Waals surface area (Å²) in [5.41, 5.74) is 0.302. The van der Waals surface area contributed by atoms with Gasteiger partial charge in [0.1, 0.15) is 5.82 Å². The number of rotatable bonds is 5. The average Bonchev–Trinajstić information content (AvgIpc) is 3.07. The number of esters is 1. The third-order valence-corrected chi connectivity index (χ3v) is 3.90. The van der Waals surface area contributed by atoms with E-state index in [0.29, 0.717) is 12.3 Å². The molecule has 3 rings (SSSR count). The Morgan fingerprint density at radius 3 is 3.22 bits per heavy atom. The Morgan fingerprint density at radius 2 is 2.43 bits per heavy atom.